The number of furan rings is 2. The van der Waals surface area contributed by atoms with Crippen molar-refractivity contribution in [2.45, 2.75) is 44.9 Å². The van der Waals surface area contributed by atoms with Crippen LogP contribution < -0.4 is 9.80 Å². The van der Waals surface area contributed by atoms with Crippen molar-refractivity contribution >= 4 is 99.5 Å². The summed E-state index contributed by atoms with van der Waals surface area (Å²) in [5, 5.41) is 9.49. The molecule has 376 valence electrons. The van der Waals surface area contributed by atoms with Crippen LogP contribution in [0.15, 0.2) is 251 Å². The van der Waals surface area contributed by atoms with Gasteiger partial charge in [-0.05, 0) is 186 Å². The van der Waals surface area contributed by atoms with Crippen molar-refractivity contribution in [3.8, 4) is 22.3 Å². The van der Waals surface area contributed by atoms with Crippen molar-refractivity contribution in [3.05, 3.63) is 276 Å². The van der Waals surface area contributed by atoms with Crippen LogP contribution in [0.4, 0.5) is 34.1 Å². The van der Waals surface area contributed by atoms with Gasteiger partial charge in [-0.1, -0.05) is 173 Å². The Balaban J connectivity index is 0.990. The quantitative estimate of drug-likeness (QED) is 0.152. The lowest BCUT2D eigenvalue weighted by molar-refractivity contribution is 0.668. The van der Waals surface area contributed by atoms with Gasteiger partial charge >= 0.3 is 0 Å². The maximum absolute atomic E-state index is 6.53. The molecule has 4 heteroatoms. The van der Waals surface area contributed by atoms with E-state index in [1.165, 1.54) is 77.2 Å². The number of anilines is 6. The molecule has 12 aromatic carbocycles. The zero-order valence-corrected chi connectivity index (χ0v) is 44.5. The summed E-state index contributed by atoms with van der Waals surface area (Å²) in [6.45, 7) is 9.44. The third-order valence-electron chi connectivity index (χ3n) is 17.3. The summed E-state index contributed by atoms with van der Waals surface area (Å²) in [6.07, 6.45) is 0. The maximum Gasteiger partial charge on any atom is 0.137 e. The third-order valence-corrected chi connectivity index (χ3v) is 17.3. The molecule has 2 aromatic heterocycles. The van der Waals surface area contributed by atoms with Crippen molar-refractivity contribution in [3.63, 3.8) is 0 Å². The average molecular weight is 1020 g/mol. The predicted molar refractivity (Wildman–Crippen MR) is 330 cm³/mol. The zero-order chi connectivity index (χ0) is 52.7. The van der Waals surface area contributed by atoms with E-state index in [1.54, 1.807) is 0 Å². The van der Waals surface area contributed by atoms with E-state index < -0.39 is 5.41 Å². The molecule has 4 nitrogen and oxygen atoms in total. The van der Waals surface area contributed by atoms with Gasteiger partial charge in [0.1, 0.15) is 22.3 Å². The highest BCUT2D eigenvalue weighted by molar-refractivity contribution is 6.16. The molecule has 0 N–H and O–H groups in total. The highest BCUT2D eigenvalue weighted by Gasteiger charge is 2.54. The first-order valence-corrected chi connectivity index (χ1v) is 27.8. The third kappa shape index (κ3) is 6.43. The fourth-order valence-corrected chi connectivity index (χ4v) is 14.1. The summed E-state index contributed by atoms with van der Waals surface area (Å²) in [7, 11) is 0. The van der Waals surface area contributed by atoms with Crippen molar-refractivity contribution in [1.29, 1.82) is 0 Å². The number of hydrogen-bond donors (Lipinski definition) is 0. The van der Waals surface area contributed by atoms with E-state index in [0.717, 1.165) is 78.0 Å². The fourth-order valence-electron chi connectivity index (χ4n) is 14.1. The molecule has 16 rings (SSSR count). The number of rotatable bonds is 8. The Morgan fingerprint density at radius 3 is 1.14 bits per heavy atom. The second kappa shape index (κ2) is 17.2. The lowest BCUT2D eigenvalue weighted by Crippen LogP contribution is -2.27. The lowest BCUT2D eigenvalue weighted by Gasteiger charge is -2.34. The van der Waals surface area contributed by atoms with Crippen LogP contribution in [0, 0.1) is 0 Å². The highest BCUT2D eigenvalue weighted by atomic mass is 16.3. The highest BCUT2D eigenvalue weighted by Crippen LogP contribution is 2.67. The molecule has 14 aromatic rings. The Kier molecular flexibility index (Phi) is 9.91. The number of para-hydroxylation sites is 4. The first-order valence-electron chi connectivity index (χ1n) is 27.8. The van der Waals surface area contributed by atoms with E-state index in [1.807, 2.05) is 0 Å². The number of hydrogen-bond acceptors (Lipinski definition) is 4. The van der Waals surface area contributed by atoms with Gasteiger partial charge in [-0.2, -0.15) is 0 Å². The molecule has 0 bridgehead atoms. The van der Waals surface area contributed by atoms with E-state index in [4.69, 9.17) is 8.83 Å². The molecule has 2 aliphatic carbocycles. The van der Waals surface area contributed by atoms with E-state index in [2.05, 4.69) is 280 Å². The standard InChI is InChI=1S/C75H54N2O2/c1-45(2)57-43-61-62-44-58(46(3)4)60-42-50(77(48-23-9-6-10-24-48)66-32-20-36-70-72(66)56-28-14-18-34-68(56)79-70)38-40-54(60)74(62)75(63-29-15-11-25-51(63)52-26-12-16-30-64(52)75)73(61)53-39-37-49(41-59(53)57)76(47-21-7-5-8-22-47)65-31-19-35-69-71(65)55-27-13-17-33-67(55)78-69/h5-46H,1-4H3. The summed E-state index contributed by atoms with van der Waals surface area (Å²) >= 11 is 0. The minimum absolute atomic E-state index is 0.228. The van der Waals surface area contributed by atoms with Crippen molar-refractivity contribution in [2.75, 3.05) is 9.80 Å². The van der Waals surface area contributed by atoms with Crippen LogP contribution in [-0.2, 0) is 5.41 Å². The molecule has 0 amide bonds. The molecule has 0 unspecified atom stereocenters. The summed E-state index contributed by atoms with van der Waals surface area (Å²) < 4.78 is 13.1. The second-order valence-electron chi connectivity index (χ2n) is 22.2. The molecule has 0 atom stereocenters. The molecule has 2 heterocycles. The van der Waals surface area contributed by atoms with Crippen LogP contribution in [-0.4, -0.2) is 0 Å². The van der Waals surface area contributed by atoms with Crippen LogP contribution in [0.1, 0.15) is 72.9 Å². The van der Waals surface area contributed by atoms with Gasteiger partial charge in [-0.15, -0.1) is 0 Å². The monoisotopic (exact) mass is 1010 g/mol. The SMILES string of the molecule is CC(C)c1cc2c(c3ccc(N(c4ccccc4)c4cccc5oc6ccccc6c45)cc13)C1(c3ccccc3-c3ccccc31)c1c-2cc(C(C)C)c2cc(N(c3ccccc3)c3cccc4oc5ccccc5c34)ccc12. The molecule has 0 aliphatic heterocycles. The Morgan fingerprint density at radius 2 is 0.696 bits per heavy atom. The molecule has 0 saturated carbocycles. The normalized spacial score (nSPS) is 13.1. The Morgan fingerprint density at radius 1 is 0.304 bits per heavy atom. The summed E-state index contributed by atoms with van der Waals surface area (Å²) in [5.41, 5.74) is 22.6. The van der Waals surface area contributed by atoms with Gasteiger partial charge in [0.25, 0.3) is 0 Å². The number of benzene rings is 12. The lowest BCUT2D eigenvalue weighted by atomic mass is 9.67. The number of nitrogens with zero attached hydrogens (tertiary/aromatic N) is 2. The predicted octanol–water partition coefficient (Wildman–Crippen LogP) is 21.3. The summed E-state index contributed by atoms with van der Waals surface area (Å²) in [5.74, 6) is 0.456. The smallest absolute Gasteiger partial charge is 0.137 e. The van der Waals surface area contributed by atoms with Gasteiger partial charge in [0.2, 0.25) is 0 Å². The summed E-state index contributed by atoms with van der Waals surface area (Å²) in [6, 6.07) is 89.6. The first kappa shape index (κ1) is 45.5. The Labute approximate surface area is 459 Å². The van der Waals surface area contributed by atoms with Gasteiger partial charge < -0.3 is 18.6 Å². The van der Waals surface area contributed by atoms with E-state index >= 15 is 0 Å². The molecule has 2 aliphatic rings. The van der Waals surface area contributed by atoms with E-state index in [-0.39, 0.29) is 11.8 Å². The van der Waals surface area contributed by atoms with Gasteiger partial charge in [0.15, 0.2) is 0 Å². The zero-order valence-electron chi connectivity index (χ0n) is 44.5. The average Bonchev–Trinajstić information content (AvgIpc) is 2.19. The fraction of sp³-hybridized carbons (Fsp3) is 0.0933. The van der Waals surface area contributed by atoms with Crippen LogP contribution in [0.5, 0.6) is 0 Å². The van der Waals surface area contributed by atoms with Crippen molar-refractivity contribution < 1.29 is 8.83 Å². The van der Waals surface area contributed by atoms with Gasteiger partial charge in [0.05, 0.1) is 27.6 Å². The van der Waals surface area contributed by atoms with E-state index in [9.17, 15) is 0 Å². The largest absolute Gasteiger partial charge is 0.456 e. The van der Waals surface area contributed by atoms with Gasteiger partial charge in [-0.3, -0.25) is 0 Å². The van der Waals surface area contributed by atoms with Crippen LogP contribution >= 0.6 is 0 Å². The van der Waals surface area contributed by atoms with E-state index in [0.29, 0.717) is 0 Å². The topological polar surface area (TPSA) is 32.8 Å². The minimum Gasteiger partial charge on any atom is -0.456 e. The molecule has 79 heavy (non-hydrogen) atoms. The molecule has 0 saturated heterocycles. The maximum atomic E-state index is 6.53. The van der Waals surface area contributed by atoms with Gasteiger partial charge in [-0.25, -0.2) is 0 Å². The van der Waals surface area contributed by atoms with Crippen LogP contribution in [0.25, 0.3) is 87.7 Å². The number of fused-ring (bicyclic) bond motifs is 20. The van der Waals surface area contributed by atoms with Crippen molar-refractivity contribution in [1.82, 2.24) is 0 Å². The Bertz CT molecular complexity index is 4500. The van der Waals surface area contributed by atoms with Crippen LogP contribution in [0.2, 0.25) is 0 Å². The second-order valence-corrected chi connectivity index (χ2v) is 22.2. The molecule has 0 radical (unpaired) electrons. The molecular weight excluding hydrogens is 961 g/mol. The molecule has 0 fully saturated rings. The van der Waals surface area contributed by atoms with Crippen LogP contribution in [0.3, 0.4) is 0 Å². The summed E-state index contributed by atoms with van der Waals surface area (Å²) in [4.78, 5) is 4.86. The Hall–Kier alpha value is -9.64. The molecule has 1 spiro atoms. The van der Waals surface area contributed by atoms with Crippen molar-refractivity contribution in [2.24, 2.45) is 0 Å². The van der Waals surface area contributed by atoms with Gasteiger partial charge in [0, 0.05) is 33.5 Å². The minimum atomic E-state index is -0.636. The molecular formula is C75H54N2O2. The first-order chi connectivity index (χ1) is 38.9.